The zero-order valence-electron chi connectivity index (χ0n) is 16.1. The summed E-state index contributed by atoms with van der Waals surface area (Å²) < 4.78 is 5.18. The number of hydrogen-bond donors (Lipinski definition) is 2. The second-order valence-corrected chi connectivity index (χ2v) is 8.22. The van der Waals surface area contributed by atoms with Gasteiger partial charge in [-0.25, -0.2) is 0 Å². The van der Waals surface area contributed by atoms with Crippen LogP contribution < -0.4 is 16.0 Å². The van der Waals surface area contributed by atoms with Gasteiger partial charge in [0.25, 0.3) is 0 Å². The van der Waals surface area contributed by atoms with Crippen molar-refractivity contribution in [1.29, 1.82) is 0 Å². The molecule has 0 radical (unpaired) electrons. The molecule has 3 N–H and O–H groups in total. The number of rotatable bonds is 6. The zero-order chi connectivity index (χ0) is 18.9. The molecule has 27 heavy (non-hydrogen) atoms. The molecule has 3 fully saturated rings. The summed E-state index contributed by atoms with van der Waals surface area (Å²) in [6.07, 6.45) is 6.20. The predicted molar refractivity (Wildman–Crippen MR) is 105 cm³/mol. The molecule has 1 saturated carbocycles. The van der Waals surface area contributed by atoms with E-state index in [-0.39, 0.29) is 11.3 Å². The molecular formula is C19H30N6O2. The fraction of sp³-hybridized carbons (Fsp3) is 0.737. The smallest absolute Gasteiger partial charge is 0.223 e. The first-order valence-electron chi connectivity index (χ1n) is 10.00. The van der Waals surface area contributed by atoms with Crippen molar-refractivity contribution in [3.63, 3.8) is 0 Å². The second kappa shape index (κ2) is 7.50. The first-order valence-corrected chi connectivity index (χ1v) is 10.00. The third-order valence-corrected chi connectivity index (χ3v) is 5.96. The fourth-order valence-corrected chi connectivity index (χ4v) is 4.37. The first kappa shape index (κ1) is 18.3. The van der Waals surface area contributed by atoms with Gasteiger partial charge in [-0.2, -0.15) is 9.97 Å². The van der Waals surface area contributed by atoms with Crippen LogP contribution in [0.3, 0.4) is 0 Å². The summed E-state index contributed by atoms with van der Waals surface area (Å²) in [5.74, 6) is 2.28. The number of piperidine rings is 2. The Balaban J connectivity index is 1.49. The molecule has 3 heterocycles. The van der Waals surface area contributed by atoms with Gasteiger partial charge in [-0.3, -0.25) is 4.79 Å². The number of ether oxygens (including phenoxy) is 1. The molecule has 148 valence electrons. The van der Waals surface area contributed by atoms with E-state index in [2.05, 4.69) is 20.2 Å². The first-order chi connectivity index (χ1) is 13.1. The minimum absolute atomic E-state index is 0.129. The average molecular weight is 374 g/mol. The monoisotopic (exact) mass is 374 g/mol. The van der Waals surface area contributed by atoms with E-state index in [1.165, 1.54) is 12.8 Å². The molecule has 0 unspecified atom stereocenters. The molecule has 0 aromatic carbocycles. The van der Waals surface area contributed by atoms with Crippen molar-refractivity contribution in [2.45, 2.75) is 44.6 Å². The molecular weight excluding hydrogens is 344 g/mol. The van der Waals surface area contributed by atoms with E-state index in [0.717, 1.165) is 50.5 Å². The summed E-state index contributed by atoms with van der Waals surface area (Å²) in [6.45, 7) is 3.94. The number of carbonyl (C=O) groups is 1. The Morgan fingerprint density at radius 3 is 2.96 bits per heavy atom. The Hall–Kier alpha value is -2.09. The molecule has 2 aliphatic heterocycles. The number of aromatic nitrogens is 2. The summed E-state index contributed by atoms with van der Waals surface area (Å²) in [5, 5.41) is 3.42. The Kier molecular flexibility index (Phi) is 5.08. The SMILES string of the molecule is COCCN1C[C@@]2(CCCN(c3cc(NC4CC4)nc(N)n3)C2)CCC1=O. The molecule has 0 bridgehead atoms. The topological polar surface area (TPSA) is 96.6 Å². The maximum Gasteiger partial charge on any atom is 0.223 e. The average Bonchev–Trinajstić information content (AvgIpc) is 3.46. The van der Waals surface area contributed by atoms with Gasteiger partial charge in [0, 0.05) is 57.2 Å². The van der Waals surface area contributed by atoms with E-state index < -0.39 is 0 Å². The Morgan fingerprint density at radius 2 is 2.19 bits per heavy atom. The van der Waals surface area contributed by atoms with Gasteiger partial charge in [-0.15, -0.1) is 0 Å². The van der Waals surface area contributed by atoms with Crippen molar-refractivity contribution in [3.8, 4) is 0 Å². The zero-order valence-corrected chi connectivity index (χ0v) is 16.1. The number of likely N-dealkylation sites (tertiary alicyclic amines) is 1. The molecule has 3 aliphatic rings. The van der Waals surface area contributed by atoms with Crippen molar-refractivity contribution in [1.82, 2.24) is 14.9 Å². The number of nitrogens with zero attached hydrogens (tertiary/aromatic N) is 4. The van der Waals surface area contributed by atoms with Crippen molar-refractivity contribution >= 4 is 23.5 Å². The van der Waals surface area contributed by atoms with Gasteiger partial charge in [0.05, 0.1) is 6.61 Å². The number of amides is 1. The highest BCUT2D eigenvalue weighted by Gasteiger charge is 2.42. The summed E-state index contributed by atoms with van der Waals surface area (Å²) in [6, 6.07) is 2.54. The lowest BCUT2D eigenvalue weighted by atomic mass is 9.73. The predicted octanol–water partition coefficient (Wildman–Crippen LogP) is 1.49. The van der Waals surface area contributed by atoms with Gasteiger partial charge in [0.1, 0.15) is 11.6 Å². The van der Waals surface area contributed by atoms with Crippen LogP contribution in [0, 0.1) is 5.41 Å². The Bertz CT molecular complexity index is 695. The summed E-state index contributed by atoms with van der Waals surface area (Å²) >= 11 is 0. The summed E-state index contributed by atoms with van der Waals surface area (Å²) in [7, 11) is 1.68. The van der Waals surface area contributed by atoms with E-state index in [1.54, 1.807) is 7.11 Å². The molecule has 4 rings (SSSR count). The number of nitrogens with two attached hydrogens (primary N) is 1. The number of methoxy groups -OCH3 is 1. The minimum atomic E-state index is 0.129. The van der Waals surface area contributed by atoms with Gasteiger partial charge < -0.3 is 25.6 Å². The van der Waals surface area contributed by atoms with E-state index in [4.69, 9.17) is 10.5 Å². The van der Waals surface area contributed by atoms with Crippen LogP contribution in [0.5, 0.6) is 0 Å². The van der Waals surface area contributed by atoms with Gasteiger partial charge in [-0.05, 0) is 32.1 Å². The van der Waals surface area contributed by atoms with Gasteiger partial charge in [0.15, 0.2) is 0 Å². The molecule has 1 aromatic rings. The van der Waals surface area contributed by atoms with E-state index in [0.29, 0.717) is 31.6 Å². The van der Waals surface area contributed by atoms with Crippen molar-refractivity contribution in [3.05, 3.63) is 6.07 Å². The highest BCUT2D eigenvalue weighted by atomic mass is 16.5. The van der Waals surface area contributed by atoms with Crippen LogP contribution in [0.2, 0.25) is 0 Å². The van der Waals surface area contributed by atoms with Crippen LogP contribution in [0.15, 0.2) is 6.07 Å². The second-order valence-electron chi connectivity index (χ2n) is 8.22. The summed E-state index contributed by atoms with van der Waals surface area (Å²) in [5.41, 5.74) is 6.10. The number of anilines is 3. The van der Waals surface area contributed by atoms with Gasteiger partial charge >= 0.3 is 0 Å². The molecule has 1 spiro atoms. The van der Waals surface area contributed by atoms with Crippen LogP contribution in [0.25, 0.3) is 0 Å². The highest BCUT2D eigenvalue weighted by molar-refractivity contribution is 5.77. The highest BCUT2D eigenvalue weighted by Crippen LogP contribution is 2.40. The Labute approximate surface area is 160 Å². The van der Waals surface area contributed by atoms with Crippen LogP contribution in [0.4, 0.5) is 17.6 Å². The third-order valence-electron chi connectivity index (χ3n) is 5.96. The maximum absolute atomic E-state index is 12.3. The number of hydrogen-bond acceptors (Lipinski definition) is 7. The minimum Gasteiger partial charge on any atom is -0.383 e. The normalized spacial score (nSPS) is 25.9. The fourth-order valence-electron chi connectivity index (χ4n) is 4.37. The molecule has 1 atom stereocenters. The molecule has 8 heteroatoms. The Morgan fingerprint density at radius 1 is 1.33 bits per heavy atom. The van der Waals surface area contributed by atoms with Crippen LogP contribution in [0.1, 0.15) is 38.5 Å². The molecule has 8 nitrogen and oxygen atoms in total. The van der Waals surface area contributed by atoms with Crippen molar-refractivity contribution < 1.29 is 9.53 Å². The van der Waals surface area contributed by atoms with Crippen molar-refractivity contribution in [2.24, 2.45) is 5.41 Å². The molecule has 1 amide bonds. The number of nitrogens with one attached hydrogen (secondary N) is 1. The lowest BCUT2D eigenvalue weighted by molar-refractivity contribution is -0.138. The number of carbonyl (C=O) groups excluding carboxylic acids is 1. The molecule has 1 aliphatic carbocycles. The number of nitrogen functional groups attached to an aromatic ring is 1. The largest absolute Gasteiger partial charge is 0.383 e. The van der Waals surface area contributed by atoms with E-state index >= 15 is 0 Å². The van der Waals surface area contributed by atoms with Crippen LogP contribution in [-0.4, -0.2) is 66.7 Å². The lowest BCUT2D eigenvalue weighted by Gasteiger charge is -2.48. The lowest BCUT2D eigenvalue weighted by Crippen LogP contribution is -2.54. The van der Waals surface area contributed by atoms with Gasteiger partial charge in [0.2, 0.25) is 11.9 Å². The molecule has 1 aromatic heterocycles. The van der Waals surface area contributed by atoms with E-state index in [9.17, 15) is 4.79 Å². The van der Waals surface area contributed by atoms with Crippen molar-refractivity contribution in [2.75, 3.05) is 55.8 Å². The third kappa shape index (κ3) is 4.26. The quantitative estimate of drug-likeness (QED) is 0.778. The maximum atomic E-state index is 12.3. The summed E-state index contributed by atoms with van der Waals surface area (Å²) in [4.78, 5) is 25.4. The standard InChI is InChI=1S/C19H30N6O2/c1-27-10-9-25-13-19(7-5-17(25)26)6-2-8-24(12-19)16-11-15(21-14-3-4-14)22-18(20)23-16/h11,14H,2-10,12-13H2,1H3,(H3,20,21,22,23)/t19-/m0/s1. The molecule has 2 saturated heterocycles. The van der Waals surface area contributed by atoms with Gasteiger partial charge in [-0.1, -0.05) is 0 Å². The van der Waals surface area contributed by atoms with E-state index in [1.807, 2.05) is 11.0 Å². The van der Waals surface area contributed by atoms with Crippen LogP contribution in [-0.2, 0) is 9.53 Å². The van der Waals surface area contributed by atoms with Crippen LogP contribution >= 0.6 is 0 Å².